The zero-order valence-electron chi connectivity index (χ0n) is 9.93. The van der Waals surface area contributed by atoms with E-state index in [1.165, 1.54) is 10.8 Å². The van der Waals surface area contributed by atoms with Crippen molar-refractivity contribution in [2.75, 3.05) is 13.7 Å². The number of ether oxygens (including phenoxy) is 1. The van der Waals surface area contributed by atoms with Gasteiger partial charge in [-0.25, -0.2) is 0 Å². The van der Waals surface area contributed by atoms with Gasteiger partial charge in [-0.3, -0.25) is 4.79 Å². The van der Waals surface area contributed by atoms with Crippen molar-refractivity contribution in [3.63, 3.8) is 0 Å². The number of hydrogen-bond donors (Lipinski definition) is 4. The van der Waals surface area contributed by atoms with Gasteiger partial charge in [-0.2, -0.15) is 4.57 Å². The van der Waals surface area contributed by atoms with Crippen LogP contribution in [0.3, 0.4) is 0 Å². The zero-order valence-corrected chi connectivity index (χ0v) is 9.93. The Morgan fingerprint density at radius 3 is 2.67 bits per heavy atom. The van der Waals surface area contributed by atoms with E-state index < -0.39 is 24.3 Å². The van der Waals surface area contributed by atoms with Crippen LogP contribution in [0.4, 0.5) is 0 Å². The van der Waals surface area contributed by atoms with Gasteiger partial charge >= 0.3 is 0 Å². The Morgan fingerprint density at radius 1 is 1.50 bits per heavy atom. The average Bonchev–Trinajstić information content (AvgIpc) is 2.73. The second-order valence-electron chi connectivity index (χ2n) is 3.69. The first-order valence-corrected chi connectivity index (χ1v) is 5.32. The highest BCUT2D eigenvalue weighted by Gasteiger charge is 2.41. The lowest BCUT2D eigenvalue weighted by atomic mass is 10.2. The highest BCUT2D eigenvalue weighted by molar-refractivity contribution is 5.92. The molecule has 0 radical (unpaired) electrons. The van der Waals surface area contributed by atoms with Crippen LogP contribution in [0.1, 0.15) is 16.6 Å². The quantitative estimate of drug-likeness (QED) is 0.454. The molecule has 1 aliphatic rings. The molecule has 0 aliphatic carbocycles. The first kappa shape index (κ1) is 14.5. The summed E-state index contributed by atoms with van der Waals surface area (Å²) >= 11 is 0. The van der Waals surface area contributed by atoms with E-state index in [-0.39, 0.29) is 6.61 Å². The summed E-state index contributed by atoms with van der Waals surface area (Å²) in [5, 5.41) is 26.0. The molecule has 1 aliphatic heterocycles. The molecule has 7 heteroatoms. The van der Waals surface area contributed by atoms with E-state index in [0.717, 1.165) is 7.11 Å². The third-order valence-electron chi connectivity index (χ3n) is 2.52. The highest BCUT2D eigenvalue weighted by atomic mass is 16.5. The molecule has 7 nitrogen and oxygen atoms in total. The smallest absolute Gasteiger partial charge is 0.291 e. The van der Waals surface area contributed by atoms with Gasteiger partial charge < -0.3 is 25.8 Å². The Bertz CT molecular complexity index is 412. The maximum atomic E-state index is 11.0. The van der Waals surface area contributed by atoms with Gasteiger partial charge in [0.05, 0.1) is 6.61 Å². The van der Waals surface area contributed by atoms with Crippen molar-refractivity contribution in [1.82, 2.24) is 0 Å². The number of primary amides is 1. The summed E-state index contributed by atoms with van der Waals surface area (Å²) in [4.78, 5) is 11.0. The van der Waals surface area contributed by atoms with Crippen LogP contribution >= 0.6 is 0 Å². The third-order valence-corrected chi connectivity index (χ3v) is 2.52. The number of rotatable bonds is 2. The molecule has 1 amide bonds. The van der Waals surface area contributed by atoms with E-state index in [9.17, 15) is 15.0 Å². The Hall–Kier alpha value is -1.54. The number of nitrogens with two attached hydrogens (primary N) is 1. The zero-order chi connectivity index (χ0) is 13.7. The molecule has 0 saturated carbocycles. The molecule has 18 heavy (non-hydrogen) atoms. The molecule has 0 bridgehead atoms. The van der Waals surface area contributed by atoms with Gasteiger partial charge in [-0.1, -0.05) is 0 Å². The van der Waals surface area contributed by atoms with Crippen molar-refractivity contribution in [3.05, 3.63) is 30.1 Å². The number of aromatic nitrogens is 1. The lowest BCUT2D eigenvalue weighted by Gasteiger charge is -2.09. The van der Waals surface area contributed by atoms with E-state index in [0.29, 0.717) is 5.56 Å². The molecule has 1 aromatic rings. The molecule has 0 spiro atoms. The molecule has 2 heterocycles. The molecule has 2 rings (SSSR count). The molecule has 1 saturated heterocycles. The summed E-state index contributed by atoms with van der Waals surface area (Å²) in [6, 6.07) is 3.19. The van der Waals surface area contributed by atoms with Crippen molar-refractivity contribution < 1.29 is 29.4 Å². The van der Waals surface area contributed by atoms with E-state index in [4.69, 9.17) is 15.6 Å². The van der Waals surface area contributed by atoms with Crippen LogP contribution in [0.15, 0.2) is 24.5 Å². The van der Waals surface area contributed by atoms with Gasteiger partial charge in [0.1, 0.15) is 11.7 Å². The van der Waals surface area contributed by atoms with Crippen LogP contribution in [-0.4, -0.2) is 47.2 Å². The van der Waals surface area contributed by atoms with Gasteiger partial charge in [0.25, 0.3) is 12.1 Å². The summed E-state index contributed by atoms with van der Waals surface area (Å²) in [6.07, 6.45) is 0.518. The number of aliphatic hydroxyl groups is 3. The maximum Gasteiger partial charge on any atom is 0.291 e. The molecule has 100 valence electrons. The predicted octanol–water partition coefficient (Wildman–Crippen LogP) is -2.07. The lowest BCUT2D eigenvalue weighted by molar-refractivity contribution is -0.764. The largest absolute Gasteiger partial charge is 0.400 e. The number of carbonyl (C=O) groups is 1. The summed E-state index contributed by atoms with van der Waals surface area (Å²) in [5.74, 6) is -0.553. The van der Waals surface area contributed by atoms with E-state index >= 15 is 0 Å². The van der Waals surface area contributed by atoms with Crippen LogP contribution in [0.2, 0.25) is 0 Å². The monoisotopic (exact) mass is 257 g/mol. The SMILES string of the molecule is CO.NC(=O)c1ccc[n+](C2OCC(O)C2O)c1. The van der Waals surface area contributed by atoms with Gasteiger partial charge in [0.15, 0.2) is 18.5 Å². The first-order chi connectivity index (χ1) is 8.59. The number of carbonyl (C=O) groups excluding carboxylic acids is 1. The topological polar surface area (TPSA) is 117 Å². The normalized spacial score (nSPS) is 26.3. The number of aliphatic hydroxyl groups excluding tert-OH is 3. The predicted molar refractivity (Wildman–Crippen MR) is 60.3 cm³/mol. The van der Waals surface area contributed by atoms with Crippen LogP contribution in [0.25, 0.3) is 0 Å². The fourth-order valence-electron chi connectivity index (χ4n) is 1.64. The van der Waals surface area contributed by atoms with Gasteiger partial charge in [-0.15, -0.1) is 0 Å². The fourth-order valence-corrected chi connectivity index (χ4v) is 1.64. The van der Waals surface area contributed by atoms with Crippen molar-refractivity contribution in [1.29, 1.82) is 0 Å². The van der Waals surface area contributed by atoms with Crippen LogP contribution in [0.5, 0.6) is 0 Å². The number of hydrogen-bond acceptors (Lipinski definition) is 5. The van der Waals surface area contributed by atoms with Gasteiger partial charge in [0.2, 0.25) is 0 Å². The minimum atomic E-state index is -1.01. The molecule has 5 N–H and O–H groups in total. The highest BCUT2D eigenvalue weighted by Crippen LogP contribution is 2.18. The molecule has 3 atom stereocenters. The number of pyridine rings is 1. The molecule has 0 aromatic carbocycles. The molecule has 3 unspecified atom stereocenters. The fraction of sp³-hybridized carbons (Fsp3) is 0.455. The number of amides is 1. The van der Waals surface area contributed by atoms with Gasteiger partial charge in [-0.05, 0) is 6.07 Å². The lowest BCUT2D eigenvalue weighted by Crippen LogP contribution is -2.46. The molecular weight excluding hydrogens is 240 g/mol. The Labute approximate surface area is 104 Å². The molecule has 1 aromatic heterocycles. The summed E-state index contributed by atoms with van der Waals surface area (Å²) < 4.78 is 6.72. The summed E-state index contributed by atoms with van der Waals surface area (Å²) in [6.45, 7) is 0.0691. The van der Waals surface area contributed by atoms with Crippen LogP contribution in [-0.2, 0) is 4.74 Å². The third kappa shape index (κ3) is 3.02. The molecular formula is C11H17N2O5+. The Kier molecular flexibility index (Phi) is 5.17. The second kappa shape index (κ2) is 6.41. The number of nitrogens with zero attached hydrogens (tertiary/aromatic N) is 1. The second-order valence-corrected chi connectivity index (χ2v) is 3.69. The van der Waals surface area contributed by atoms with E-state index in [1.54, 1.807) is 18.3 Å². The van der Waals surface area contributed by atoms with Crippen LogP contribution in [0, 0.1) is 0 Å². The Morgan fingerprint density at radius 2 is 2.17 bits per heavy atom. The van der Waals surface area contributed by atoms with Crippen molar-refractivity contribution in [2.24, 2.45) is 5.73 Å². The average molecular weight is 257 g/mol. The minimum Gasteiger partial charge on any atom is -0.400 e. The van der Waals surface area contributed by atoms with Crippen molar-refractivity contribution in [3.8, 4) is 0 Å². The first-order valence-electron chi connectivity index (χ1n) is 5.32. The summed E-state index contributed by atoms with van der Waals surface area (Å²) in [7, 11) is 1.00. The maximum absolute atomic E-state index is 11.0. The van der Waals surface area contributed by atoms with E-state index in [1.807, 2.05) is 0 Å². The molecule has 1 fully saturated rings. The Balaban J connectivity index is 0.000000771. The summed E-state index contributed by atoms with van der Waals surface area (Å²) in [5.41, 5.74) is 5.46. The van der Waals surface area contributed by atoms with Crippen molar-refractivity contribution >= 4 is 5.91 Å². The van der Waals surface area contributed by atoms with E-state index in [2.05, 4.69) is 0 Å². The van der Waals surface area contributed by atoms with Crippen LogP contribution < -0.4 is 10.3 Å². The minimum absolute atomic E-state index is 0.0691. The standard InChI is InChI=1S/C10H12N2O4.CH4O/c11-9(15)6-2-1-3-12(4-6)10-8(14)7(13)5-16-10;1-2/h1-4,7-8,10,13-14H,5H2,(H-,11,15);2H,1H3/p+1. The van der Waals surface area contributed by atoms with Gasteiger partial charge in [0, 0.05) is 13.2 Å². The van der Waals surface area contributed by atoms with Crippen molar-refractivity contribution in [2.45, 2.75) is 18.4 Å².